The molecular weight excluding hydrogens is 218 g/mol. The maximum Gasteiger partial charge on any atom is 0.365 e. The summed E-state index contributed by atoms with van der Waals surface area (Å²) in [6, 6.07) is 6.31. The van der Waals surface area contributed by atoms with Gasteiger partial charge in [0.1, 0.15) is 11.4 Å². The molecule has 0 radical (unpaired) electrons. The van der Waals surface area contributed by atoms with E-state index in [1.807, 2.05) is 20.8 Å². The van der Waals surface area contributed by atoms with Crippen molar-refractivity contribution in [2.75, 3.05) is 0 Å². The molecule has 0 bridgehead atoms. The number of phenolic OH excluding ortho intramolecular Hbond substituents is 1. The molecule has 1 aromatic carbocycles. The van der Waals surface area contributed by atoms with Crippen LogP contribution < -0.4 is 5.73 Å². The third kappa shape index (κ3) is 4.87. The normalized spacial score (nSPS) is 13.2. The molecule has 94 valence electrons. The number of aromatic hydroxyl groups is 1. The van der Waals surface area contributed by atoms with Crippen molar-refractivity contribution in [3.8, 4) is 5.75 Å². The summed E-state index contributed by atoms with van der Waals surface area (Å²) in [5.41, 5.74) is 4.27. The van der Waals surface area contributed by atoms with Crippen molar-refractivity contribution in [2.45, 2.75) is 38.8 Å². The van der Waals surface area contributed by atoms with Crippen molar-refractivity contribution in [1.82, 2.24) is 0 Å². The Morgan fingerprint density at radius 3 is 2.35 bits per heavy atom. The summed E-state index contributed by atoms with van der Waals surface area (Å²) in [5.74, 6) is -0.0859. The molecule has 0 aromatic heterocycles. The average molecular weight is 238 g/mol. The first-order chi connectivity index (χ1) is 7.78. The molecule has 0 aliphatic heterocycles. The van der Waals surface area contributed by atoms with Crippen molar-refractivity contribution in [3.63, 3.8) is 0 Å². The van der Waals surface area contributed by atoms with Gasteiger partial charge in [0.2, 0.25) is 0 Å². The molecule has 0 aliphatic rings. The van der Waals surface area contributed by atoms with Gasteiger partial charge in [0.15, 0.2) is 6.04 Å². The van der Waals surface area contributed by atoms with Crippen molar-refractivity contribution in [3.05, 3.63) is 29.8 Å². The topological polar surface area (TPSA) is 74.2 Å². The van der Waals surface area contributed by atoms with Crippen LogP contribution in [0.25, 0.3) is 0 Å². The van der Waals surface area contributed by atoms with E-state index in [2.05, 4.69) is 5.73 Å². The molecule has 17 heavy (non-hydrogen) atoms. The zero-order chi connectivity index (χ0) is 13.1. The zero-order valence-corrected chi connectivity index (χ0v) is 10.6. The fourth-order valence-electron chi connectivity index (χ4n) is 1.38. The first-order valence-corrected chi connectivity index (χ1v) is 5.62. The molecule has 1 aromatic rings. The summed E-state index contributed by atoms with van der Waals surface area (Å²) in [4.78, 5) is 11.7. The van der Waals surface area contributed by atoms with Gasteiger partial charge in [-0.15, -0.1) is 0 Å². The second-order valence-corrected chi connectivity index (χ2v) is 5.10. The quantitative estimate of drug-likeness (QED) is 0.768. The number of hydrogen-bond donors (Lipinski definition) is 2. The van der Waals surface area contributed by atoms with E-state index in [4.69, 9.17) is 9.84 Å². The Balaban J connectivity index is 2.57. The van der Waals surface area contributed by atoms with E-state index in [9.17, 15) is 4.79 Å². The predicted octanol–water partition coefficient (Wildman–Crippen LogP) is 0.887. The second-order valence-electron chi connectivity index (χ2n) is 5.10. The molecule has 4 nitrogen and oxygen atoms in total. The van der Waals surface area contributed by atoms with Gasteiger partial charge in [-0.25, -0.2) is 4.79 Å². The first kappa shape index (κ1) is 13.5. The average Bonchev–Trinajstić information content (AvgIpc) is 2.19. The van der Waals surface area contributed by atoms with E-state index in [1.165, 1.54) is 0 Å². The molecule has 0 fully saturated rings. The number of quaternary nitrogens is 1. The van der Waals surface area contributed by atoms with Crippen LogP contribution in [0.3, 0.4) is 0 Å². The summed E-state index contributed by atoms with van der Waals surface area (Å²) in [6.07, 6.45) is 0.509. The number of rotatable bonds is 3. The summed E-state index contributed by atoms with van der Waals surface area (Å²) in [5, 5.41) is 9.15. The largest absolute Gasteiger partial charge is 0.508 e. The highest BCUT2D eigenvalue weighted by Crippen LogP contribution is 2.12. The molecule has 0 saturated heterocycles. The first-order valence-electron chi connectivity index (χ1n) is 5.62. The third-order valence-electron chi connectivity index (χ3n) is 2.16. The highest BCUT2D eigenvalue weighted by atomic mass is 16.6. The van der Waals surface area contributed by atoms with Crippen LogP contribution in [0.1, 0.15) is 26.3 Å². The van der Waals surface area contributed by atoms with Gasteiger partial charge in [-0.1, -0.05) is 12.1 Å². The van der Waals surface area contributed by atoms with Crippen LogP contribution in [-0.2, 0) is 16.0 Å². The van der Waals surface area contributed by atoms with Crippen LogP contribution in [0, 0.1) is 0 Å². The molecule has 4 heteroatoms. The van der Waals surface area contributed by atoms with Gasteiger partial charge in [0.05, 0.1) is 0 Å². The van der Waals surface area contributed by atoms with Gasteiger partial charge in [-0.3, -0.25) is 0 Å². The molecule has 1 rings (SSSR count). The number of esters is 1. The standard InChI is InChI=1S/C13H19NO3/c1-13(2,3)17-12(16)11(14)8-9-4-6-10(15)7-5-9/h4-7,11,15H,8,14H2,1-3H3/p+1/t11-/m0/s1. The minimum atomic E-state index is -0.484. The maximum absolute atomic E-state index is 11.7. The summed E-state index contributed by atoms with van der Waals surface area (Å²) in [6.45, 7) is 5.49. The SMILES string of the molecule is CC(C)(C)OC(=O)[C@@H]([NH3+])Cc1ccc(O)cc1. The van der Waals surface area contributed by atoms with Crippen molar-refractivity contribution < 1.29 is 20.4 Å². The van der Waals surface area contributed by atoms with E-state index in [0.717, 1.165) is 5.56 Å². The van der Waals surface area contributed by atoms with E-state index < -0.39 is 11.6 Å². The van der Waals surface area contributed by atoms with Crippen molar-refractivity contribution >= 4 is 5.97 Å². The molecule has 1 atom stereocenters. The molecule has 4 N–H and O–H groups in total. The van der Waals surface area contributed by atoms with Gasteiger partial charge in [-0.05, 0) is 38.5 Å². The summed E-state index contributed by atoms with van der Waals surface area (Å²) < 4.78 is 5.24. The Bertz CT molecular complexity index is 379. The third-order valence-corrected chi connectivity index (χ3v) is 2.16. The molecule has 0 unspecified atom stereocenters. The number of carbonyl (C=O) groups is 1. The number of phenols is 1. The van der Waals surface area contributed by atoms with Crippen molar-refractivity contribution in [1.29, 1.82) is 0 Å². The smallest absolute Gasteiger partial charge is 0.365 e. The Kier molecular flexibility index (Phi) is 4.12. The monoisotopic (exact) mass is 238 g/mol. The maximum atomic E-state index is 11.7. The fraction of sp³-hybridized carbons (Fsp3) is 0.462. The minimum absolute atomic E-state index is 0.214. The van der Waals surface area contributed by atoms with Crippen LogP contribution >= 0.6 is 0 Å². The van der Waals surface area contributed by atoms with E-state index >= 15 is 0 Å². The molecule has 0 spiro atoms. The lowest BCUT2D eigenvalue weighted by Gasteiger charge is -2.20. The lowest BCUT2D eigenvalue weighted by molar-refractivity contribution is -0.409. The summed E-state index contributed by atoms with van der Waals surface area (Å²) in [7, 11) is 0. The van der Waals surface area contributed by atoms with Gasteiger partial charge >= 0.3 is 5.97 Å². The van der Waals surface area contributed by atoms with E-state index in [-0.39, 0.29) is 11.7 Å². The predicted molar refractivity (Wildman–Crippen MR) is 64.3 cm³/mol. The van der Waals surface area contributed by atoms with Crippen molar-refractivity contribution in [2.24, 2.45) is 0 Å². The van der Waals surface area contributed by atoms with Gasteiger partial charge < -0.3 is 15.6 Å². The fourth-order valence-corrected chi connectivity index (χ4v) is 1.38. The second kappa shape index (κ2) is 5.19. The molecule has 0 saturated carbocycles. The lowest BCUT2D eigenvalue weighted by Crippen LogP contribution is -2.66. The van der Waals surface area contributed by atoms with Crippen LogP contribution in [-0.4, -0.2) is 22.7 Å². The Morgan fingerprint density at radius 1 is 1.35 bits per heavy atom. The minimum Gasteiger partial charge on any atom is -0.508 e. The number of benzene rings is 1. The molecule has 0 amide bonds. The number of ether oxygens (including phenoxy) is 1. The highest BCUT2D eigenvalue weighted by Gasteiger charge is 2.24. The van der Waals surface area contributed by atoms with E-state index in [0.29, 0.717) is 6.42 Å². The van der Waals surface area contributed by atoms with Crippen LogP contribution in [0.4, 0.5) is 0 Å². The van der Waals surface area contributed by atoms with Crippen LogP contribution in [0.2, 0.25) is 0 Å². The number of hydrogen-bond acceptors (Lipinski definition) is 3. The zero-order valence-electron chi connectivity index (χ0n) is 10.6. The molecule has 0 heterocycles. The molecular formula is C13H20NO3+. The Hall–Kier alpha value is -1.55. The molecule has 0 aliphatic carbocycles. The van der Waals surface area contributed by atoms with Crippen LogP contribution in [0.5, 0.6) is 5.75 Å². The van der Waals surface area contributed by atoms with Gasteiger partial charge in [0, 0.05) is 6.42 Å². The highest BCUT2D eigenvalue weighted by molar-refractivity contribution is 5.74. The van der Waals surface area contributed by atoms with Gasteiger partial charge in [-0.2, -0.15) is 0 Å². The summed E-state index contributed by atoms with van der Waals surface area (Å²) >= 11 is 0. The van der Waals surface area contributed by atoms with Crippen LogP contribution in [0.15, 0.2) is 24.3 Å². The Morgan fingerprint density at radius 2 is 1.88 bits per heavy atom. The number of carbonyl (C=O) groups excluding carboxylic acids is 1. The van der Waals surface area contributed by atoms with Gasteiger partial charge in [0.25, 0.3) is 0 Å². The Labute approximate surface area is 101 Å². The van der Waals surface area contributed by atoms with E-state index in [1.54, 1.807) is 24.3 Å². The lowest BCUT2D eigenvalue weighted by atomic mass is 10.1.